The SMILES string of the molecule is CCNCCC[C@H]1CN(CC(C)C)CCO1. The Balaban J connectivity index is 2.12. The van der Waals surface area contributed by atoms with Gasteiger partial charge in [0.25, 0.3) is 0 Å². The van der Waals surface area contributed by atoms with Gasteiger partial charge in [-0.1, -0.05) is 20.8 Å². The molecule has 1 rings (SSSR count). The average Bonchev–Trinajstić information content (AvgIpc) is 2.24. The molecule has 0 aliphatic carbocycles. The summed E-state index contributed by atoms with van der Waals surface area (Å²) in [6.07, 6.45) is 2.89. The first-order valence-electron chi connectivity index (χ1n) is 6.77. The van der Waals surface area contributed by atoms with Crippen molar-refractivity contribution < 1.29 is 4.74 Å². The Morgan fingerprint density at radius 1 is 1.44 bits per heavy atom. The van der Waals surface area contributed by atoms with E-state index in [9.17, 15) is 0 Å². The highest BCUT2D eigenvalue weighted by molar-refractivity contribution is 4.72. The largest absolute Gasteiger partial charge is 0.376 e. The van der Waals surface area contributed by atoms with Crippen molar-refractivity contribution in [1.29, 1.82) is 0 Å². The molecule has 1 N–H and O–H groups in total. The first kappa shape index (κ1) is 13.9. The molecule has 3 heteroatoms. The topological polar surface area (TPSA) is 24.5 Å². The van der Waals surface area contributed by atoms with E-state index in [-0.39, 0.29) is 0 Å². The van der Waals surface area contributed by atoms with Crippen LogP contribution in [0, 0.1) is 5.92 Å². The van der Waals surface area contributed by atoms with E-state index in [1.807, 2.05) is 0 Å². The molecule has 0 unspecified atom stereocenters. The van der Waals surface area contributed by atoms with E-state index < -0.39 is 0 Å². The van der Waals surface area contributed by atoms with Gasteiger partial charge in [-0.15, -0.1) is 0 Å². The van der Waals surface area contributed by atoms with Crippen molar-refractivity contribution in [2.45, 2.75) is 39.7 Å². The van der Waals surface area contributed by atoms with Gasteiger partial charge in [-0.3, -0.25) is 4.90 Å². The zero-order valence-electron chi connectivity index (χ0n) is 11.2. The predicted octanol–water partition coefficient (Wildman–Crippen LogP) is 1.73. The average molecular weight is 228 g/mol. The summed E-state index contributed by atoms with van der Waals surface area (Å²) in [4.78, 5) is 2.55. The molecule has 1 heterocycles. The molecule has 1 atom stereocenters. The van der Waals surface area contributed by atoms with Gasteiger partial charge in [0.05, 0.1) is 12.7 Å². The smallest absolute Gasteiger partial charge is 0.0703 e. The Kier molecular flexibility index (Phi) is 7.01. The molecular formula is C13H28N2O. The van der Waals surface area contributed by atoms with Crippen LogP contribution in [-0.4, -0.2) is 50.3 Å². The third-order valence-corrected chi connectivity index (χ3v) is 2.98. The fourth-order valence-electron chi connectivity index (χ4n) is 2.27. The van der Waals surface area contributed by atoms with Crippen LogP contribution < -0.4 is 5.32 Å². The number of nitrogens with one attached hydrogen (secondary N) is 1. The van der Waals surface area contributed by atoms with Gasteiger partial charge >= 0.3 is 0 Å². The van der Waals surface area contributed by atoms with Crippen molar-refractivity contribution in [3.63, 3.8) is 0 Å². The van der Waals surface area contributed by atoms with E-state index in [2.05, 4.69) is 31.0 Å². The van der Waals surface area contributed by atoms with Crippen molar-refractivity contribution in [3.05, 3.63) is 0 Å². The van der Waals surface area contributed by atoms with Crippen LogP contribution in [0.3, 0.4) is 0 Å². The molecule has 0 amide bonds. The first-order valence-corrected chi connectivity index (χ1v) is 6.77. The third-order valence-electron chi connectivity index (χ3n) is 2.98. The maximum Gasteiger partial charge on any atom is 0.0703 e. The summed E-state index contributed by atoms with van der Waals surface area (Å²) < 4.78 is 5.80. The van der Waals surface area contributed by atoms with E-state index in [1.165, 1.54) is 19.4 Å². The molecule has 16 heavy (non-hydrogen) atoms. The van der Waals surface area contributed by atoms with Crippen LogP contribution >= 0.6 is 0 Å². The van der Waals surface area contributed by atoms with Gasteiger partial charge in [0.2, 0.25) is 0 Å². The summed E-state index contributed by atoms with van der Waals surface area (Å²) in [5.41, 5.74) is 0. The lowest BCUT2D eigenvalue weighted by Gasteiger charge is -2.34. The Bertz CT molecular complexity index is 173. The highest BCUT2D eigenvalue weighted by Gasteiger charge is 2.20. The molecule has 0 aromatic rings. The van der Waals surface area contributed by atoms with Crippen molar-refractivity contribution >= 4 is 0 Å². The second-order valence-corrected chi connectivity index (χ2v) is 5.14. The van der Waals surface area contributed by atoms with Gasteiger partial charge in [-0.05, 0) is 31.8 Å². The molecule has 0 radical (unpaired) electrons. The van der Waals surface area contributed by atoms with Gasteiger partial charge in [0.1, 0.15) is 0 Å². The van der Waals surface area contributed by atoms with Crippen LogP contribution in [0.25, 0.3) is 0 Å². The molecule has 1 fully saturated rings. The summed E-state index contributed by atoms with van der Waals surface area (Å²) in [7, 11) is 0. The molecule has 0 aromatic heterocycles. The molecule has 0 aromatic carbocycles. The Morgan fingerprint density at radius 3 is 2.94 bits per heavy atom. The van der Waals surface area contributed by atoms with Crippen molar-refractivity contribution in [2.24, 2.45) is 5.92 Å². The molecule has 1 aliphatic rings. The van der Waals surface area contributed by atoms with Crippen molar-refractivity contribution in [1.82, 2.24) is 10.2 Å². The molecular weight excluding hydrogens is 200 g/mol. The zero-order valence-corrected chi connectivity index (χ0v) is 11.2. The summed E-state index contributed by atoms with van der Waals surface area (Å²) in [6.45, 7) is 13.3. The van der Waals surface area contributed by atoms with Gasteiger partial charge in [0.15, 0.2) is 0 Å². The minimum absolute atomic E-state index is 0.464. The van der Waals surface area contributed by atoms with Crippen molar-refractivity contribution in [3.8, 4) is 0 Å². The third kappa shape index (κ3) is 5.83. The minimum atomic E-state index is 0.464. The van der Waals surface area contributed by atoms with Gasteiger partial charge in [0, 0.05) is 19.6 Å². The molecule has 1 aliphatic heterocycles. The van der Waals surface area contributed by atoms with E-state index in [4.69, 9.17) is 4.74 Å². The Hall–Kier alpha value is -0.120. The monoisotopic (exact) mass is 228 g/mol. The summed E-state index contributed by atoms with van der Waals surface area (Å²) in [5.74, 6) is 0.764. The summed E-state index contributed by atoms with van der Waals surface area (Å²) >= 11 is 0. The number of rotatable bonds is 7. The standard InChI is InChI=1S/C13H28N2O/c1-4-14-7-5-6-13-11-15(8-9-16-13)10-12(2)3/h12-14H,4-11H2,1-3H3/t13-/m0/s1. The fourth-order valence-corrected chi connectivity index (χ4v) is 2.27. The molecule has 1 saturated heterocycles. The van der Waals surface area contributed by atoms with Gasteiger partial charge < -0.3 is 10.1 Å². The lowest BCUT2D eigenvalue weighted by atomic mass is 10.1. The van der Waals surface area contributed by atoms with E-state index in [0.717, 1.165) is 38.7 Å². The number of morpholine rings is 1. The lowest BCUT2D eigenvalue weighted by molar-refractivity contribution is -0.0357. The summed E-state index contributed by atoms with van der Waals surface area (Å²) in [6, 6.07) is 0. The second kappa shape index (κ2) is 8.04. The normalized spacial score (nSPS) is 22.9. The van der Waals surface area contributed by atoms with Crippen LogP contribution in [0.2, 0.25) is 0 Å². The molecule has 0 bridgehead atoms. The van der Waals surface area contributed by atoms with E-state index in [1.54, 1.807) is 0 Å². The van der Waals surface area contributed by atoms with Crippen LogP contribution in [-0.2, 0) is 4.74 Å². The quantitative estimate of drug-likeness (QED) is 0.672. The van der Waals surface area contributed by atoms with Crippen LogP contribution in [0.4, 0.5) is 0 Å². The highest BCUT2D eigenvalue weighted by atomic mass is 16.5. The number of hydrogen-bond acceptors (Lipinski definition) is 3. The van der Waals surface area contributed by atoms with E-state index in [0.29, 0.717) is 6.10 Å². The number of nitrogens with zero attached hydrogens (tertiary/aromatic N) is 1. The second-order valence-electron chi connectivity index (χ2n) is 5.14. The highest BCUT2D eigenvalue weighted by Crippen LogP contribution is 2.11. The maximum atomic E-state index is 5.80. The summed E-state index contributed by atoms with van der Waals surface area (Å²) in [5, 5.41) is 3.36. The maximum absolute atomic E-state index is 5.80. The van der Waals surface area contributed by atoms with Gasteiger partial charge in [-0.2, -0.15) is 0 Å². The van der Waals surface area contributed by atoms with Crippen LogP contribution in [0.1, 0.15) is 33.6 Å². The van der Waals surface area contributed by atoms with Crippen LogP contribution in [0.5, 0.6) is 0 Å². The number of hydrogen-bond donors (Lipinski definition) is 1. The molecule has 96 valence electrons. The van der Waals surface area contributed by atoms with Crippen molar-refractivity contribution in [2.75, 3.05) is 39.3 Å². The number of ether oxygens (including phenoxy) is 1. The van der Waals surface area contributed by atoms with Crippen LogP contribution in [0.15, 0.2) is 0 Å². The molecule has 3 nitrogen and oxygen atoms in total. The molecule has 0 saturated carbocycles. The Morgan fingerprint density at radius 2 is 2.25 bits per heavy atom. The predicted molar refractivity (Wildman–Crippen MR) is 68.8 cm³/mol. The zero-order chi connectivity index (χ0) is 11.8. The lowest BCUT2D eigenvalue weighted by Crippen LogP contribution is -2.44. The fraction of sp³-hybridized carbons (Fsp3) is 1.00. The Labute approximate surface area is 101 Å². The van der Waals surface area contributed by atoms with E-state index >= 15 is 0 Å². The first-order chi connectivity index (χ1) is 7.72. The van der Waals surface area contributed by atoms with Gasteiger partial charge in [-0.25, -0.2) is 0 Å². The minimum Gasteiger partial charge on any atom is -0.376 e. The molecule has 0 spiro atoms.